The summed E-state index contributed by atoms with van der Waals surface area (Å²) in [5, 5.41) is 11.9. The number of hydrogen-bond donors (Lipinski definition) is 1. The Kier molecular flexibility index (Phi) is 4.72. The summed E-state index contributed by atoms with van der Waals surface area (Å²) in [6.07, 6.45) is 3.25. The zero-order valence-electron chi connectivity index (χ0n) is 17.9. The number of hydrogen-bond acceptors (Lipinski definition) is 5. The van der Waals surface area contributed by atoms with Crippen LogP contribution in [0.4, 0.5) is 0 Å². The molecule has 0 radical (unpaired) electrons. The van der Waals surface area contributed by atoms with Crippen LogP contribution < -0.4 is 0 Å². The molecule has 6 nitrogen and oxygen atoms in total. The maximum atomic E-state index is 13.4. The second kappa shape index (κ2) is 6.00. The number of carbonyl (C=O) groups excluding carboxylic acids is 1. The number of rotatable bonds is 4. The third-order valence-corrected chi connectivity index (χ3v) is 10.2. The molecule has 0 unspecified atom stereocenters. The Hall–Kier alpha value is -0.500. The van der Waals surface area contributed by atoms with E-state index in [-0.39, 0.29) is 23.0 Å². The third-order valence-electron chi connectivity index (χ3n) is 8.14. The summed E-state index contributed by atoms with van der Waals surface area (Å²) in [6.45, 7) is 11.9. The minimum atomic E-state index is -3.60. The van der Waals surface area contributed by atoms with Gasteiger partial charge in [0.25, 0.3) is 0 Å². The van der Waals surface area contributed by atoms with Crippen molar-refractivity contribution in [2.24, 2.45) is 16.7 Å². The Balaban J connectivity index is 1.87. The molecule has 0 aromatic heterocycles. The van der Waals surface area contributed by atoms with Crippen molar-refractivity contribution in [3.8, 4) is 0 Å². The van der Waals surface area contributed by atoms with E-state index in [0.29, 0.717) is 31.6 Å². The van der Waals surface area contributed by atoms with Crippen LogP contribution in [0.2, 0.25) is 0 Å². The molecule has 3 fully saturated rings. The lowest BCUT2D eigenvalue weighted by molar-refractivity contribution is -0.249. The molecule has 0 amide bonds. The molecule has 2 aliphatic carbocycles. The predicted molar refractivity (Wildman–Crippen MR) is 105 cm³/mol. The molecule has 1 heterocycles. The van der Waals surface area contributed by atoms with Crippen molar-refractivity contribution in [1.29, 1.82) is 0 Å². The van der Waals surface area contributed by atoms with E-state index in [1.165, 1.54) is 9.37 Å². The van der Waals surface area contributed by atoms with E-state index >= 15 is 0 Å². The smallest absolute Gasteiger partial charge is 0.215 e. The Morgan fingerprint density at radius 2 is 1.63 bits per heavy atom. The number of Topliss-reactive ketones (excluding diaryl/α,β-unsaturated/α-hetero) is 1. The molecule has 3 aliphatic rings. The van der Waals surface area contributed by atoms with Gasteiger partial charge < -0.3 is 5.21 Å². The summed E-state index contributed by atoms with van der Waals surface area (Å²) in [4.78, 5) is 12.8. The SMILES string of the molecule is CN(C1CC(C)(C)N(O)C(C)(C)C1)S(=O)(=O)C[C@]12CC[C@H](CC1=O)C2(C)C. The van der Waals surface area contributed by atoms with Crippen LogP contribution in [-0.2, 0) is 14.8 Å². The first-order chi connectivity index (χ1) is 12.1. The van der Waals surface area contributed by atoms with Crippen molar-refractivity contribution in [3.05, 3.63) is 0 Å². The molecule has 1 N–H and O–H groups in total. The van der Waals surface area contributed by atoms with Crippen LogP contribution >= 0.6 is 0 Å². The molecule has 0 aromatic rings. The molecule has 156 valence electrons. The summed E-state index contributed by atoms with van der Waals surface area (Å²) in [5.41, 5.74) is -2.04. The summed E-state index contributed by atoms with van der Waals surface area (Å²) in [7, 11) is -1.95. The summed E-state index contributed by atoms with van der Waals surface area (Å²) >= 11 is 0. The van der Waals surface area contributed by atoms with E-state index in [0.717, 1.165) is 6.42 Å². The van der Waals surface area contributed by atoms with Gasteiger partial charge in [-0.1, -0.05) is 13.8 Å². The Morgan fingerprint density at radius 1 is 1.11 bits per heavy atom. The van der Waals surface area contributed by atoms with E-state index in [9.17, 15) is 18.4 Å². The maximum Gasteiger partial charge on any atom is 0.215 e. The Labute approximate surface area is 164 Å². The van der Waals surface area contributed by atoms with Gasteiger partial charge in [0.05, 0.1) is 5.75 Å². The van der Waals surface area contributed by atoms with E-state index in [2.05, 4.69) is 13.8 Å². The van der Waals surface area contributed by atoms with Crippen molar-refractivity contribution in [3.63, 3.8) is 0 Å². The van der Waals surface area contributed by atoms with Gasteiger partial charge in [0.2, 0.25) is 10.0 Å². The van der Waals surface area contributed by atoms with Crippen molar-refractivity contribution in [2.75, 3.05) is 12.8 Å². The normalized spacial score (nSPS) is 35.9. The predicted octanol–water partition coefficient (Wildman–Crippen LogP) is 3.05. The van der Waals surface area contributed by atoms with Crippen molar-refractivity contribution < 1.29 is 18.4 Å². The van der Waals surface area contributed by atoms with Gasteiger partial charge in [0.15, 0.2) is 0 Å². The van der Waals surface area contributed by atoms with Gasteiger partial charge in [-0.2, -0.15) is 5.06 Å². The van der Waals surface area contributed by atoms with Crippen LogP contribution in [0.15, 0.2) is 0 Å². The lowest BCUT2D eigenvalue weighted by Crippen LogP contribution is -2.63. The van der Waals surface area contributed by atoms with Crippen LogP contribution in [0.25, 0.3) is 0 Å². The van der Waals surface area contributed by atoms with E-state index in [4.69, 9.17) is 0 Å². The molecule has 1 saturated heterocycles. The molecule has 7 heteroatoms. The monoisotopic (exact) mass is 400 g/mol. The number of carbonyl (C=O) groups is 1. The lowest BCUT2D eigenvalue weighted by atomic mass is 9.70. The maximum absolute atomic E-state index is 13.4. The largest absolute Gasteiger partial charge is 0.313 e. The zero-order valence-corrected chi connectivity index (χ0v) is 18.7. The molecule has 2 saturated carbocycles. The molecule has 2 atom stereocenters. The molecule has 2 bridgehead atoms. The average molecular weight is 401 g/mol. The van der Waals surface area contributed by atoms with Crippen molar-refractivity contribution in [1.82, 2.24) is 9.37 Å². The topological polar surface area (TPSA) is 77.9 Å². The average Bonchev–Trinajstić information content (AvgIpc) is 2.85. The van der Waals surface area contributed by atoms with Crippen molar-refractivity contribution >= 4 is 15.8 Å². The highest BCUT2D eigenvalue weighted by molar-refractivity contribution is 7.89. The van der Waals surface area contributed by atoms with Crippen LogP contribution in [-0.4, -0.2) is 58.7 Å². The highest BCUT2D eigenvalue weighted by Gasteiger charge is 2.65. The fourth-order valence-electron chi connectivity index (χ4n) is 6.22. The Morgan fingerprint density at radius 3 is 2.04 bits per heavy atom. The van der Waals surface area contributed by atoms with Gasteiger partial charge in [0, 0.05) is 36.0 Å². The number of sulfonamides is 1. The third kappa shape index (κ3) is 3.00. The Bertz CT molecular complexity index is 725. The van der Waals surface area contributed by atoms with Crippen LogP contribution in [0.1, 0.15) is 73.6 Å². The second-order valence-corrected chi connectivity index (χ2v) is 13.0. The molecular weight excluding hydrogens is 364 g/mol. The van der Waals surface area contributed by atoms with E-state index in [1.54, 1.807) is 7.05 Å². The standard InChI is InChI=1S/C20H36N2O4S/c1-17(2)11-15(12-18(3,4)22(17)24)21(7)27(25,26)13-20-9-8-14(10-16(20)23)19(20,5)6/h14-15,24H,8-13H2,1-7H3/t14-,20-/m1/s1. The number of ketones is 1. The van der Waals surface area contributed by atoms with Crippen LogP contribution in [0.5, 0.6) is 0 Å². The number of nitrogens with zero attached hydrogens (tertiary/aromatic N) is 2. The minimum Gasteiger partial charge on any atom is -0.313 e. The summed E-state index contributed by atoms with van der Waals surface area (Å²) in [5.74, 6) is 0.353. The second-order valence-electron chi connectivity index (χ2n) is 10.9. The highest BCUT2D eigenvalue weighted by Crippen LogP contribution is 2.64. The zero-order chi connectivity index (χ0) is 20.6. The van der Waals surface area contributed by atoms with Crippen molar-refractivity contribution in [2.45, 2.75) is 90.8 Å². The van der Waals surface area contributed by atoms with Gasteiger partial charge in [-0.25, -0.2) is 12.7 Å². The molecular formula is C20H36N2O4S. The molecule has 0 spiro atoms. The van der Waals surface area contributed by atoms with Gasteiger partial charge in [-0.3, -0.25) is 4.79 Å². The molecule has 27 heavy (non-hydrogen) atoms. The fourth-order valence-corrected chi connectivity index (χ4v) is 8.33. The first-order valence-corrected chi connectivity index (χ1v) is 11.7. The van der Waals surface area contributed by atoms with Crippen LogP contribution in [0, 0.1) is 16.7 Å². The van der Waals surface area contributed by atoms with Crippen LogP contribution in [0.3, 0.4) is 0 Å². The highest BCUT2D eigenvalue weighted by atomic mass is 32.2. The summed E-state index contributed by atoms with van der Waals surface area (Å²) in [6, 6.07) is -0.198. The summed E-state index contributed by atoms with van der Waals surface area (Å²) < 4.78 is 28.3. The van der Waals surface area contributed by atoms with Gasteiger partial charge in [0.1, 0.15) is 5.78 Å². The number of fused-ring (bicyclic) bond motifs is 2. The molecule has 3 rings (SSSR count). The molecule has 1 aliphatic heterocycles. The van der Waals surface area contributed by atoms with Gasteiger partial charge in [-0.05, 0) is 64.7 Å². The fraction of sp³-hybridized carbons (Fsp3) is 0.950. The quantitative estimate of drug-likeness (QED) is 0.785. The lowest BCUT2D eigenvalue weighted by Gasteiger charge is -2.53. The first kappa shape index (κ1) is 21.2. The molecule has 0 aromatic carbocycles. The minimum absolute atomic E-state index is 0.0843. The van der Waals surface area contributed by atoms with Gasteiger partial charge >= 0.3 is 0 Å². The van der Waals surface area contributed by atoms with Gasteiger partial charge in [-0.15, -0.1) is 0 Å². The number of hydroxylamine groups is 2. The first-order valence-electron chi connectivity index (χ1n) is 10.1. The van der Waals surface area contributed by atoms with E-state index < -0.39 is 26.5 Å². The van der Waals surface area contributed by atoms with E-state index in [1.807, 2.05) is 27.7 Å². The number of piperidine rings is 1.